The number of pyridine rings is 3. The molecule has 1 saturated heterocycles. The second kappa shape index (κ2) is 9.42. The average molecular weight is 505 g/mol. The Hall–Kier alpha value is -4.50. The Morgan fingerprint density at radius 1 is 0.921 bits per heavy atom. The predicted octanol–water partition coefficient (Wildman–Crippen LogP) is 5.31. The molecule has 188 valence electrons. The van der Waals surface area contributed by atoms with Crippen LogP contribution in [0.25, 0.3) is 56.0 Å². The number of halogens is 1. The van der Waals surface area contributed by atoms with Crippen LogP contribution in [0.15, 0.2) is 67.3 Å². The lowest BCUT2D eigenvalue weighted by molar-refractivity contribution is 0.372. The maximum atomic E-state index is 14.5. The summed E-state index contributed by atoms with van der Waals surface area (Å²) in [5.74, 6) is 0.918. The third-order valence-electron chi connectivity index (χ3n) is 7.28. The zero-order valence-electron chi connectivity index (χ0n) is 20.6. The van der Waals surface area contributed by atoms with Crippen molar-refractivity contribution in [2.45, 2.75) is 19.3 Å². The Morgan fingerprint density at radius 2 is 1.82 bits per heavy atom. The number of aromatic nitrogens is 7. The minimum absolute atomic E-state index is 0.339. The zero-order chi connectivity index (χ0) is 25.5. The van der Waals surface area contributed by atoms with E-state index < -0.39 is 0 Å². The highest BCUT2D eigenvalue weighted by Gasteiger charge is 2.19. The highest BCUT2D eigenvalue weighted by atomic mass is 19.1. The maximum Gasteiger partial charge on any atom is 0.159 e. The lowest BCUT2D eigenvalue weighted by atomic mass is 9.91. The Labute approximate surface area is 217 Å². The summed E-state index contributed by atoms with van der Waals surface area (Å²) in [6, 6.07) is 12.6. The van der Waals surface area contributed by atoms with Crippen molar-refractivity contribution in [1.29, 1.82) is 0 Å². The summed E-state index contributed by atoms with van der Waals surface area (Å²) in [6.07, 6.45) is 10.7. The van der Waals surface area contributed by atoms with Gasteiger partial charge in [-0.1, -0.05) is 12.1 Å². The second-order valence-corrected chi connectivity index (χ2v) is 9.79. The van der Waals surface area contributed by atoms with E-state index in [1.807, 2.05) is 24.5 Å². The monoisotopic (exact) mass is 504 g/mol. The van der Waals surface area contributed by atoms with E-state index in [0.29, 0.717) is 34.2 Å². The quantitative estimate of drug-likeness (QED) is 0.294. The van der Waals surface area contributed by atoms with Gasteiger partial charge in [-0.2, -0.15) is 5.10 Å². The number of nitrogens with one attached hydrogen (secondary N) is 3. The lowest BCUT2D eigenvalue weighted by Gasteiger charge is -2.22. The maximum absolute atomic E-state index is 14.5. The molecule has 0 saturated carbocycles. The van der Waals surface area contributed by atoms with Crippen molar-refractivity contribution in [3.63, 3.8) is 0 Å². The van der Waals surface area contributed by atoms with Crippen LogP contribution in [0.5, 0.6) is 0 Å². The Morgan fingerprint density at radius 3 is 2.71 bits per heavy atom. The van der Waals surface area contributed by atoms with Gasteiger partial charge in [0, 0.05) is 35.1 Å². The van der Waals surface area contributed by atoms with Crippen LogP contribution in [0, 0.1) is 11.7 Å². The van der Waals surface area contributed by atoms with E-state index in [1.54, 1.807) is 30.6 Å². The van der Waals surface area contributed by atoms with Crippen molar-refractivity contribution >= 4 is 21.9 Å². The molecule has 3 N–H and O–H groups in total. The summed E-state index contributed by atoms with van der Waals surface area (Å²) in [7, 11) is 0. The SMILES string of the molecule is Fc1ccccc1-c1nccc2[nH]c(-c3n[nH]c4cnc(-c5cncc(CC6CCNCC6)c5)cc34)nc12. The van der Waals surface area contributed by atoms with Crippen molar-refractivity contribution in [3.05, 3.63) is 78.6 Å². The number of H-pyrrole nitrogens is 2. The van der Waals surface area contributed by atoms with Crippen LogP contribution in [-0.4, -0.2) is 48.2 Å². The van der Waals surface area contributed by atoms with E-state index in [0.717, 1.165) is 47.2 Å². The zero-order valence-corrected chi connectivity index (χ0v) is 20.6. The molecule has 1 fully saturated rings. The van der Waals surface area contributed by atoms with Crippen LogP contribution in [0.1, 0.15) is 18.4 Å². The molecular formula is C29H25FN8. The first kappa shape index (κ1) is 22.7. The molecule has 6 heterocycles. The number of imidazole rings is 1. The van der Waals surface area contributed by atoms with E-state index in [9.17, 15) is 4.39 Å². The van der Waals surface area contributed by atoms with E-state index >= 15 is 0 Å². The van der Waals surface area contributed by atoms with Crippen LogP contribution in [0.4, 0.5) is 4.39 Å². The normalized spacial score (nSPS) is 14.4. The van der Waals surface area contributed by atoms with Gasteiger partial charge in [-0.15, -0.1) is 0 Å². The number of benzene rings is 1. The lowest BCUT2D eigenvalue weighted by Crippen LogP contribution is -2.28. The molecule has 9 heteroatoms. The molecule has 6 aromatic rings. The van der Waals surface area contributed by atoms with E-state index in [2.05, 4.69) is 41.5 Å². The predicted molar refractivity (Wildman–Crippen MR) is 145 cm³/mol. The van der Waals surface area contributed by atoms with Crippen LogP contribution in [0.3, 0.4) is 0 Å². The summed E-state index contributed by atoms with van der Waals surface area (Å²) in [5.41, 5.74) is 6.74. The molecule has 5 aromatic heterocycles. The second-order valence-electron chi connectivity index (χ2n) is 9.79. The van der Waals surface area contributed by atoms with E-state index in [4.69, 9.17) is 4.98 Å². The number of piperidine rings is 1. The molecule has 7 rings (SSSR count). The minimum atomic E-state index is -0.339. The molecule has 38 heavy (non-hydrogen) atoms. The largest absolute Gasteiger partial charge is 0.336 e. The fourth-order valence-corrected chi connectivity index (χ4v) is 5.31. The van der Waals surface area contributed by atoms with Crippen LogP contribution in [0.2, 0.25) is 0 Å². The van der Waals surface area contributed by atoms with Gasteiger partial charge >= 0.3 is 0 Å². The molecule has 0 amide bonds. The number of nitrogens with zero attached hydrogens (tertiary/aromatic N) is 5. The molecule has 0 unspecified atom stereocenters. The summed E-state index contributed by atoms with van der Waals surface area (Å²) in [4.78, 5) is 21.8. The first-order valence-electron chi connectivity index (χ1n) is 12.8. The third-order valence-corrected chi connectivity index (χ3v) is 7.28. The fraction of sp³-hybridized carbons (Fsp3) is 0.207. The van der Waals surface area contributed by atoms with Crippen molar-refractivity contribution in [1.82, 2.24) is 40.4 Å². The van der Waals surface area contributed by atoms with Crippen LogP contribution >= 0.6 is 0 Å². The molecule has 0 spiro atoms. The number of hydrogen-bond acceptors (Lipinski definition) is 6. The summed E-state index contributed by atoms with van der Waals surface area (Å²) >= 11 is 0. The van der Waals surface area contributed by atoms with Gasteiger partial charge in [-0.05, 0) is 74.2 Å². The highest BCUT2D eigenvalue weighted by molar-refractivity contribution is 5.96. The Kier molecular flexibility index (Phi) is 5.62. The van der Waals surface area contributed by atoms with E-state index in [-0.39, 0.29) is 5.82 Å². The molecule has 0 bridgehead atoms. The number of fused-ring (bicyclic) bond motifs is 2. The van der Waals surface area contributed by atoms with Gasteiger partial charge < -0.3 is 10.3 Å². The first-order valence-corrected chi connectivity index (χ1v) is 12.8. The summed E-state index contributed by atoms with van der Waals surface area (Å²) in [6.45, 7) is 2.16. The molecule has 1 aromatic carbocycles. The van der Waals surface area contributed by atoms with Gasteiger partial charge in [0.05, 0.1) is 22.9 Å². The number of aromatic amines is 2. The number of hydrogen-bond donors (Lipinski definition) is 3. The first-order chi connectivity index (χ1) is 18.7. The van der Waals surface area contributed by atoms with Gasteiger partial charge in [-0.3, -0.25) is 20.1 Å². The summed E-state index contributed by atoms with van der Waals surface area (Å²) in [5, 5.41) is 11.9. The van der Waals surface area contributed by atoms with Gasteiger partial charge in [0.15, 0.2) is 5.82 Å². The highest BCUT2D eigenvalue weighted by Crippen LogP contribution is 2.32. The van der Waals surface area contributed by atoms with Crippen molar-refractivity contribution in [2.75, 3.05) is 13.1 Å². The molecule has 0 aliphatic carbocycles. The molecule has 0 atom stereocenters. The van der Waals surface area contributed by atoms with Crippen molar-refractivity contribution < 1.29 is 4.39 Å². The van der Waals surface area contributed by atoms with E-state index in [1.165, 1.54) is 24.5 Å². The van der Waals surface area contributed by atoms with Crippen LogP contribution in [-0.2, 0) is 6.42 Å². The Bertz CT molecular complexity index is 1770. The molecule has 1 aliphatic heterocycles. The Balaban J connectivity index is 1.26. The van der Waals surface area contributed by atoms with Crippen molar-refractivity contribution in [2.24, 2.45) is 5.92 Å². The van der Waals surface area contributed by atoms with Gasteiger partial charge in [0.25, 0.3) is 0 Å². The average Bonchev–Trinajstić information content (AvgIpc) is 3.58. The third kappa shape index (κ3) is 4.10. The van der Waals surface area contributed by atoms with Crippen LogP contribution < -0.4 is 5.32 Å². The topological polar surface area (TPSA) is 108 Å². The molecule has 0 radical (unpaired) electrons. The number of rotatable bonds is 5. The standard InChI is InChI=1S/C29H25FN8/c30-22-4-2-1-3-20(22)26-28-23(7-10-33-26)35-29(36-28)27-21-13-24(34-16-25(21)37-38-27)19-12-18(14-32-15-19)11-17-5-8-31-9-6-17/h1-4,7,10,12-17,31H,5-6,8-9,11H2,(H,35,36)(H,37,38). The molecule has 1 aliphatic rings. The molecular weight excluding hydrogens is 479 g/mol. The van der Waals surface area contributed by atoms with Crippen molar-refractivity contribution in [3.8, 4) is 34.0 Å². The fourth-order valence-electron chi connectivity index (χ4n) is 5.31. The minimum Gasteiger partial charge on any atom is -0.336 e. The molecule has 8 nitrogen and oxygen atoms in total. The van der Waals surface area contributed by atoms with Gasteiger partial charge in [-0.25, -0.2) is 9.37 Å². The van der Waals surface area contributed by atoms with Gasteiger partial charge in [0.2, 0.25) is 0 Å². The summed E-state index contributed by atoms with van der Waals surface area (Å²) < 4.78 is 14.5. The van der Waals surface area contributed by atoms with Gasteiger partial charge in [0.1, 0.15) is 22.7 Å². The smallest absolute Gasteiger partial charge is 0.159 e.